The van der Waals surface area contributed by atoms with E-state index in [1.165, 1.54) is 11.3 Å². The molecule has 0 saturated heterocycles. The molecular formula is C17H19FN2. The first-order valence-electron chi connectivity index (χ1n) is 7.08. The molecule has 104 valence electrons. The number of halogens is 1. The van der Waals surface area contributed by atoms with Gasteiger partial charge in [-0.05, 0) is 36.1 Å². The molecule has 1 aliphatic rings. The third kappa shape index (κ3) is 2.54. The summed E-state index contributed by atoms with van der Waals surface area (Å²) in [7, 11) is 0. The molecule has 1 heterocycles. The van der Waals surface area contributed by atoms with E-state index in [1.807, 2.05) is 18.2 Å². The van der Waals surface area contributed by atoms with E-state index in [2.05, 4.69) is 23.1 Å². The number of benzene rings is 2. The van der Waals surface area contributed by atoms with E-state index in [0.717, 1.165) is 30.5 Å². The van der Waals surface area contributed by atoms with Gasteiger partial charge in [-0.2, -0.15) is 0 Å². The molecule has 2 aromatic carbocycles. The predicted molar refractivity (Wildman–Crippen MR) is 80.1 cm³/mol. The van der Waals surface area contributed by atoms with Crippen LogP contribution in [-0.2, 0) is 19.5 Å². The molecule has 20 heavy (non-hydrogen) atoms. The van der Waals surface area contributed by atoms with Crippen LogP contribution in [0.15, 0.2) is 42.5 Å². The lowest BCUT2D eigenvalue weighted by atomic mass is 10.0. The molecule has 0 unspecified atom stereocenters. The lowest BCUT2D eigenvalue weighted by molar-refractivity contribution is 0.595. The molecule has 2 N–H and O–H groups in total. The summed E-state index contributed by atoms with van der Waals surface area (Å²) < 4.78 is 14.1. The van der Waals surface area contributed by atoms with E-state index in [9.17, 15) is 4.39 Å². The summed E-state index contributed by atoms with van der Waals surface area (Å²) >= 11 is 0. The van der Waals surface area contributed by atoms with Crippen LogP contribution in [0.25, 0.3) is 0 Å². The smallest absolute Gasteiger partial charge is 0.128 e. The van der Waals surface area contributed by atoms with Gasteiger partial charge >= 0.3 is 0 Å². The summed E-state index contributed by atoms with van der Waals surface area (Å²) in [4.78, 5) is 2.26. The molecule has 2 nitrogen and oxygen atoms in total. The van der Waals surface area contributed by atoms with E-state index in [1.54, 1.807) is 6.07 Å². The molecule has 0 saturated carbocycles. The van der Waals surface area contributed by atoms with Crippen molar-refractivity contribution in [2.24, 2.45) is 5.73 Å². The Bertz CT molecular complexity index is 610. The van der Waals surface area contributed by atoms with Crippen molar-refractivity contribution in [2.45, 2.75) is 25.9 Å². The number of rotatable bonds is 3. The van der Waals surface area contributed by atoms with Gasteiger partial charge in [0.2, 0.25) is 0 Å². The highest BCUT2D eigenvalue weighted by Crippen LogP contribution is 2.28. The van der Waals surface area contributed by atoms with Crippen molar-refractivity contribution >= 4 is 5.69 Å². The highest BCUT2D eigenvalue weighted by Gasteiger charge is 2.17. The molecule has 0 atom stereocenters. The minimum absolute atomic E-state index is 0.156. The number of nitrogens with two attached hydrogens (primary N) is 1. The van der Waals surface area contributed by atoms with Crippen molar-refractivity contribution in [1.82, 2.24) is 0 Å². The first-order chi connectivity index (χ1) is 9.78. The summed E-state index contributed by atoms with van der Waals surface area (Å²) in [5, 5.41) is 0. The number of anilines is 1. The molecular weight excluding hydrogens is 251 g/mol. The van der Waals surface area contributed by atoms with E-state index in [4.69, 9.17) is 5.73 Å². The second-order valence-corrected chi connectivity index (χ2v) is 5.28. The zero-order valence-corrected chi connectivity index (χ0v) is 11.5. The molecule has 0 radical (unpaired) electrons. The molecule has 2 aromatic rings. The monoisotopic (exact) mass is 270 g/mol. The van der Waals surface area contributed by atoms with Gasteiger partial charge in [0.05, 0.1) is 0 Å². The minimum Gasteiger partial charge on any atom is -0.367 e. The Hall–Kier alpha value is -1.87. The fourth-order valence-corrected chi connectivity index (χ4v) is 2.83. The quantitative estimate of drug-likeness (QED) is 0.927. The SMILES string of the molecule is NCc1ccc(CN2CCCc3ccccc32)c(F)c1. The molecule has 0 amide bonds. The second kappa shape index (κ2) is 5.63. The molecule has 0 aromatic heterocycles. The zero-order chi connectivity index (χ0) is 13.9. The molecule has 3 rings (SSSR count). The predicted octanol–water partition coefficient (Wildman–Crippen LogP) is 3.24. The Morgan fingerprint density at radius 3 is 2.80 bits per heavy atom. The summed E-state index contributed by atoms with van der Waals surface area (Å²) in [5.41, 5.74) is 9.71. The lowest BCUT2D eigenvalue weighted by Crippen LogP contribution is -2.29. The highest BCUT2D eigenvalue weighted by atomic mass is 19.1. The van der Waals surface area contributed by atoms with Gasteiger partial charge in [0.25, 0.3) is 0 Å². The topological polar surface area (TPSA) is 29.3 Å². The van der Waals surface area contributed by atoms with Crippen molar-refractivity contribution in [3.63, 3.8) is 0 Å². The van der Waals surface area contributed by atoms with Gasteiger partial charge < -0.3 is 10.6 Å². The fraction of sp³-hybridized carbons (Fsp3) is 0.294. The highest BCUT2D eigenvalue weighted by molar-refractivity contribution is 5.55. The molecule has 0 fully saturated rings. The fourth-order valence-electron chi connectivity index (χ4n) is 2.83. The third-order valence-corrected chi connectivity index (χ3v) is 3.92. The van der Waals surface area contributed by atoms with Gasteiger partial charge in [0, 0.05) is 30.9 Å². The molecule has 3 heteroatoms. The average molecular weight is 270 g/mol. The van der Waals surface area contributed by atoms with Crippen LogP contribution in [0, 0.1) is 5.82 Å². The number of aryl methyl sites for hydroxylation is 1. The first kappa shape index (κ1) is 13.1. The van der Waals surface area contributed by atoms with Crippen LogP contribution in [0.3, 0.4) is 0 Å². The van der Waals surface area contributed by atoms with Gasteiger partial charge in [-0.25, -0.2) is 4.39 Å². The van der Waals surface area contributed by atoms with Crippen LogP contribution < -0.4 is 10.6 Å². The molecule has 0 bridgehead atoms. The van der Waals surface area contributed by atoms with Gasteiger partial charge in [0.1, 0.15) is 5.82 Å². The third-order valence-electron chi connectivity index (χ3n) is 3.92. The Morgan fingerprint density at radius 2 is 2.00 bits per heavy atom. The first-order valence-corrected chi connectivity index (χ1v) is 7.08. The molecule has 0 aliphatic carbocycles. The van der Waals surface area contributed by atoms with Crippen molar-refractivity contribution in [1.29, 1.82) is 0 Å². The average Bonchev–Trinajstić information content (AvgIpc) is 2.49. The van der Waals surface area contributed by atoms with Crippen LogP contribution in [0.4, 0.5) is 10.1 Å². The van der Waals surface area contributed by atoms with Crippen molar-refractivity contribution in [3.05, 3.63) is 65.0 Å². The summed E-state index contributed by atoms with van der Waals surface area (Å²) in [6.45, 7) is 1.98. The van der Waals surface area contributed by atoms with Crippen molar-refractivity contribution < 1.29 is 4.39 Å². The summed E-state index contributed by atoms with van der Waals surface area (Å²) in [6, 6.07) is 13.7. The minimum atomic E-state index is -0.156. The van der Waals surface area contributed by atoms with Crippen LogP contribution in [-0.4, -0.2) is 6.54 Å². The number of nitrogens with zero attached hydrogens (tertiary/aromatic N) is 1. The van der Waals surface area contributed by atoms with E-state index in [-0.39, 0.29) is 5.82 Å². The Labute approximate surface area is 119 Å². The van der Waals surface area contributed by atoms with Crippen LogP contribution in [0.1, 0.15) is 23.1 Å². The van der Waals surface area contributed by atoms with Crippen molar-refractivity contribution in [3.8, 4) is 0 Å². The van der Waals surface area contributed by atoms with Crippen LogP contribution in [0.2, 0.25) is 0 Å². The van der Waals surface area contributed by atoms with Crippen molar-refractivity contribution in [2.75, 3.05) is 11.4 Å². The van der Waals surface area contributed by atoms with Gasteiger partial charge in [-0.3, -0.25) is 0 Å². The normalized spacial score (nSPS) is 14.2. The second-order valence-electron chi connectivity index (χ2n) is 5.28. The van der Waals surface area contributed by atoms with E-state index < -0.39 is 0 Å². The largest absolute Gasteiger partial charge is 0.367 e. The maximum Gasteiger partial charge on any atom is 0.128 e. The summed E-state index contributed by atoms with van der Waals surface area (Å²) in [5.74, 6) is -0.156. The van der Waals surface area contributed by atoms with Crippen LogP contribution in [0.5, 0.6) is 0 Å². The number of para-hydroxylation sites is 1. The van der Waals surface area contributed by atoms with E-state index >= 15 is 0 Å². The molecule has 0 spiro atoms. The summed E-state index contributed by atoms with van der Waals surface area (Å²) in [6.07, 6.45) is 2.24. The zero-order valence-electron chi connectivity index (χ0n) is 11.5. The van der Waals surface area contributed by atoms with Gasteiger partial charge in [0.15, 0.2) is 0 Å². The Kier molecular flexibility index (Phi) is 3.70. The maximum atomic E-state index is 14.1. The lowest BCUT2D eigenvalue weighted by Gasteiger charge is -2.31. The number of fused-ring (bicyclic) bond motifs is 1. The number of hydrogen-bond donors (Lipinski definition) is 1. The van der Waals surface area contributed by atoms with Crippen LogP contribution >= 0.6 is 0 Å². The number of hydrogen-bond acceptors (Lipinski definition) is 2. The van der Waals surface area contributed by atoms with E-state index in [0.29, 0.717) is 13.1 Å². The standard InChI is InChI=1S/C17H19FN2/c18-16-10-13(11-19)7-8-15(16)12-20-9-3-5-14-4-1-2-6-17(14)20/h1-2,4,6-8,10H,3,5,9,11-12,19H2. The van der Waals surface area contributed by atoms with Gasteiger partial charge in [-0.15, -0.1) is 0 Å². The maximum absolute atomic E-state index is 14.1. The Balaban J connectivity index is 1.85. The van der Waals surface area contributed by atoms with Gasteiger partial charge in [-0.1, -0.05) is 30.3 Å². The molecule has 1 aliphatic heterocycles. The Morgan fingerprint density at radius 1 is 1.15 bits per heavy atom.